The highest BCUT2D eigenvalue weighted by atomic mass is 19.3. The molecule has 2 aromatic heterocycles. The van der Waals surface area contributed by atoms with Crippen LogP contribution in [-0.2, 0) is 20.9 Å². The van der Waals surface area contributed by atoms with Gasteiger partial charge < -0.3 is 20.3 Å². The molecule has 2 aliphatic carbocycles. The van der Waals surface area contributed by atoms with E-state index in [0.29, 0.717) is 24.0 Å². The molecule has 5 rings (SSSR count). The topological polar surface area (TPSA) is 92.3 Å². The molecule has 0 radical (unpaired) electrons. The molecular formula is C22H26F2N6O2. The van der Waals surface area contributed by atoms with Gasteiger partial charge >= 0.3 is 5.92 Å². The zero-order chi connectivity index (χ0) is 22.9. The lowest BCUT2D eigenvalue weighted by Gasteiger charge is -2.22. The molecule has 0 aromatic carbocycles. The molecule has 2 aromatic rings. The molecular weight excluding hydrogens is 418 g/mol. The van der Waals surface area contributed by atoms with Crippen molar-refractivity contribution in [2.24, 2.45) is 0 Å². The van der Waals surface area contributed by atoms with E-state index in [4.69, 9.17) is 4.74 Å². The number of nitrogens with one attached hydrogen (secondary N) is 2. The van der Waals surface area contributed by atoms with E-state index in [1.807, 2.05) is 11.8 Å². The van der Waals surface area contributed by atoms with Crippen LogP contribution in [0.3, 0.4) is 0 Å². The number of hydrogen-bond acceptors (Lipinski definition) is 7. The Hall–Kier alpha value is -2.88. The second-order valence-electron chi connectivity index (χ2n) is 9.38. The van der Waals surface area contributed by atoms with Gasteiger partial charge in [0, 0.05) is 63.2 Å². The van der Waals surface area contributed by atoms with Crippen molar-refractivity contribution in [3.05, 3.63) is 29.7 Å². The third-order valence-corrected chi connectivity index (χ3v) is 6.72. The molecule has 1 amide bonds. The molecule has 10 heteroatoms. The average molecular weight is 444 g/mol. The second-order valence-corrected chi connectivity index (χ2v) is 9.38. The summed E-state index contributed by atoms with van der Waals surface area (Å²) in [4.78, 5) is 26.1. The molecule has 2 saturated carbocycles. The van der Waals surface area contributed by atoms with Crippen LogP contribution in [0.2, 0.25) is 0 Å². The number of pyridine rings is 1. The standard InChI is InChI=1S/C22H26F2N6O2/c1-12(31)26-16-7-14-13(10-25-16)22(5-6-22)11-30(14)18-8-17(27-15-9-20(15,2)32-4)28-19(29-18)21(3,23)24/h7-8,10,15H,5-6,9,11H2,1-4H3,(H,25,26,31)(H,27,28,29). The number of carbonyl (C=O) groups excluding carboxylic acids is 1. The Balaban J connectivity index is 1.54. The Morgan fingerprint density at radius 2 is 2.03 bits per heavy atom. The Labute approximate surface area is 184 Å². The quantitative estimate of drug-likeness (QED) is 0.702. The smallest absolute Gasteiger partial charge is 0.303 e. The largest absolute Gasteiger partial charge is 0.376 e. The van der Waals surface area contributed by atoms with Gasteiger partial charge in [-0.3, -0.25) is 4.79 Å². The van der Waals surface area contributed by atoms with E-state index in [0.717, 1.165) is 37.4 Å². The highest BCUT2D eigenvalue weighted by Crippen LogP contribution is 2.58. The fourth-order valence-corrected chi connectivity index (χ4v) is 4.38. The van der Waals surface area contributed by atoms with Crippen molar-refractivity contribution in [1.29, 1.82) is 0 Å². The first kappa shape index (κ1) is 21.0. The molecule has 2 fully saturated rings. The molecule has 1 aliphatic heterocycles. The molecule has 8 nitrogen and oxygen atoms in total. The minimum Gasteiger partial charge on any atom is -0.376 e. The van der Waals surface area contributed by atoms with E-state index >= 15 is 0 Å². The molecule has 1 spiro atoms. The zero-order valence-electron chi connectivity index (χ0n) is 18.5. The molecule has 32 heavy (non-hydrogen) atoms. The highest BCUT2D eigenvalue weighted by molar-refractivity contribution is 5.89. The third-order valence-electron chi connectivity index (χ3n) is 6.72. The molecule has 2 atom stereocenters. The number of alkyl halides is 2. The number of halogens is 2. The molecule has 2 N–H and O–H groups in total. The van der Waals surface area contributed by atoms with E-state index in [2.05, 4.69) is 25.6 Å². The highest BCUT2D eigenvalue weighted by Gasteiger charge is 2.53. The molecule has 0 bridgehead atoms. The SMILES string of the molecule is COC1(C)CC1Nc1cc(N2CC3(CC3)c3cnc(NC(C)=O)cc32)nc(C(C)(F)F)n1. The van der Waals surface area contributed by atoms with Crippen LogP contribution < -0.4 is 15.5 Å². The minimum atomic E-state index is -3.19. The van der Waals surface area contributed by atoms with Gasteiger partial charge in [0.05, 0.1) is 17.3 Å². The summed E-state index contributed by atoms with van der Waals surface area (Å²) in [6, 6.07) is 3.48. The zero-order valence-corrected chi connectivity index (χ0v) is 18.5. The number of hydrogen-bond donors (Lipinski definition) is 2. The lowest BCUT2D eigenvalue weighted by molar-refractivity contribution is -0.114. The van der Waals surface area contributed by atoms with Crippen LogP contribution in [0.1, 0.15) is 51.4 Å². The second kappa shape index (κ2) is 6.81. The summed E-state index contributed by atoms with van der Waals surface area (Å²) in [6.07, 6.45) is 4.54. The number of methoxy groups -OCH3 is 1. The van der Waals surface area contributed by atoms with Gasteiger partial charge in [-0.1, -0.05) is 0 Å². The summed E-state index contributed by atoms with van der Waals surface area (Å²) in [5.41, 5.74) is 1.50. The van der Waals surface area contributed by atoms with E-state index in [1.54, 1.807) is 25.4 Å². The van der Waals surface area contributed by atoms with Crippen molar-refractivity contribution in [2.75, 3.05) is 29.2 Å². The van der Waals surface area contributed by atoms with Crippen LogP contribution >= 0.6 is 0 Å². The van der Waals surface area contributed by atoms with Crippen LogP contribution in [0.25, 0.3) is 0 Å². The van der Waals surface area contributed by atoms with Crippen molar-refractivity contribution in [3.63, 3.8) is 0 Å². The van der Waals surface area contributed by atoms with E-state index in [9.17, 15) is 13.6 Å². The molecule has 2 unspecified atom stereocenters. The summed E-state index contributed by atoms with van der Waals surface area (Å²) in [5.74, 6) is -2.81. The summed E-state index contributed by atoms with van der Waals surface area (Å²) in [7, 11) is 1.63. The predicted octanol–water partition coefficient (Wildman–Crippen LogP) is 3.71. The van der Waals surface area contributed by atoms with Gasteiger partial charge in [0.2, 0.25) is 11.7 Å². The van der Waals surface area contributed by atoms with E-state index in [1.165, 1.54) is 6.92 Å². The Bertz CT molecular complexity index is 1100. The summed E-state index contributed by atoms with van der Waals surface area (Å²) in [5, 5.41) is 5.92. The first-order valence-corrected chi connectivity index (χ1v) is 10.7. The van der Waals surface area contributed by atoms with Crippen LogP contribution in [0.5, 0.6) is 0 Å². The van der Waals surface area contributed by atoms with Gasteiger partial charge in [0.15, 0.2) is 0 Å². The van der Waals surface area contributed by atoms with Crippen molar-refractivity contribution >= 4 is 29.0 Å². The fourth-order valence-electron chi connectivity index (χ4n) is 4.38. The predicted molar refractivity (Wildman–Crippen MR) is 116 cm³/mol. The van der Waals surface area contributed by atoms with Gasteiger partial charge in [-0.2, -0.15) is 8.78 Å². The Kier molecular flexibility index (Phi) is 4.47. The minimum absolute atomic E-state index is 0.00946. The summed E-state index contributed by atoms with van der Waals surface area (Å²) < 4.78 is 34.1. The molecule has 3 aliphatic rings. The maximum atomic E-state index is 14.3. The molecule has 170 valence electrons. The maximum Gasteiger partial charge on any atom is 0.303 e. The number of carbonyl (C=O) groups is 1. The van der Waals surface area contributed by atoms with Gasteiger partial charge in [0.25, 0.3) is 0 Å². The first-order chi connectivity index (χ1) is 15.0. The van der Waals surface area contributed by atoms with E-state index in [-0.39, 0.29) is 23.0 Å². The van der Waals surface area contributed by atoms with Gasteiger partial charge in [-0.15, -0.1) is 0 Å². The summed E-state index contributed by atoms with van der Waals surface area (Å²) >= 11 is 0. The van der Waals surface area contributed by atoms with Crippen LogP contribution in [0, 0.1) is 0 Å². The van der Waals surface area contributed by atoms with Crippen molar-refractivity contribution in [1.82, 2.24) is 15.0 Å². The lowest BCUT2D eigenvalue weighted by Crippen LogP contribution is -2.24. The monoisotopic (exact) mass is 444 g/mol. The van der Waals surface area contributed by atoms with Crippen molar-refractivity contribution in [2.45, 2.75) is 63.0 Å². The van der Waals surface area contributed by atoms with Crippen LogP contribution in [-0.4, -0.2) is 46.2 Å². The number of aromatic nitrogens is 3. The maximum absolute atomic E-state index is 14.3. The van der Waals surface area contributed by atoms with Gasteiger partial charge in [0.1, 0.15) is 17.5 Å². The van der Waals surface area contributed by atoms with Crippen molar-refractivity contribution < 1.29 is 18.3 Å². The Morgan fingerprint density at radius 1 is 1.28 bits per heavy atom. The Morgan fingerprint density at radius 3 is 2.62 bits per heavy atom. The number of fused-ring (bicyclic) bond motifs is 2. The first-order valence-electron chi connectivity index (χ1n) is 10.7. The average Bonchev–Trinajstić information content (AvgIpc) is 3.59. The van der Waals surface area contributed by atoms with Gasteiger partial charge in [-0.05, 0) is 19.8 Å². The lowest BCUT2D eigenvalue weighted by atomic mass is 10.0. The molecule has 0 saturated heterocycles. The number of rotatable bonds is 6. The fraction of sp³-hybridized carbons (Fsp3) is 0.545. The molecule has 3 heterocycles. The van der Waals surface area contributed by atoms with Gasteiger partial charge in [-0.25, -0.2) is 15.0 Å². The van der Waals surface area contributed by atoms with Crippen molar-refractivity contribution in [3.8, 4) is 0 Å². The number of anilines is 4. The normalized spacial score (nSPS) is 24.9. The van der Waals surface area contributed by atoms with E-state index < -0.39 is 11.7 Å². The van der Waals surface area contributed by atoms with Crippen LogP contribution in [0.15, 0.2) is 18.3 Å². The number of nitrogens with zero attached hydrogens (tertiary/aromatic N) is 4. The number of amides is 1. The third kappa shape index (κ3) is 3.56. The number of ether oxygens (including phenoxy) is 1. The van der Waals surface area contributed by atoms with Crippen LogP contribution in [0.4, 0.5) is 31.9 Å². The summed E-state index contributed by atoms with van der Waals surface area (Å²) in [6.45, 7) is 4.80.